The van der Waals surface area contributed by atoms with E-state index in [9.17, 15) is 4.39 Å². The molecule has 0 aliphatic carbocycles. The Morgan fingerprint density at radius 1 is 1.08 bits per heavy atom. The Hall–Kier alpha value is -2.01. The number of hydrogen-bond donors (Lipinski definition) is 0. The predicted octanol–water partition coefficient (Wildman–Crippen LogP) is 5.35. The van der Waals surface area contributed by atoms with Gasteiger partial charge in [0.15, 0.2) is 0 Å². The first-order valence-corrected chi connectivity index (χ1v) is 9.63. The molecule has 3 heterocycles. The molecule has 1 saturated heterocycles. The zero-order valence-electron chi connectivity index (χ0n) is 14.8. The molecule has 1 aliphatic heterocycles. The maximum Gasteiger partial charge on any atom is 0.141 e. The van der Waals surface area contributed by atoms with E-state index in [0.717, 1.165) is 52.0 Å². The van der Waals surface area contributed by atoms with Gasteiger partial charge in [-0.2, -0.15) is 0 Å². The predicted molar refractivity (Wildman–Crippen MR) is 103 cm³/mol. The molecule has 5 heteroatoms. The van der Waals surface area contributed by atoms with Crippen LogP contribution in [0, 0.1) is 25.6 Å². The zero-order chi connectivity index (χ0) is 17.6. The van der Waals surface area contributed by atoms with Crippen molar-refractivity contribution in [2.45, 2.75) is 33.6 Å². The van der Waals surface area contributed by atoms with Crippen molar-refractivity contribution < 1.29 is 4.39 Å². The molecule has 0 bridgehead atoms. The summed E-state index contributed by atoms with van der Waals surface area (Å²) in [5, 5.41) is 1.12. The molecule has 0 saturated carbocycles. The minimum absolute atomic E-state index is 0.210. The summed E-state index contributed by atoms with van der Waals surface area (Å²) in [5.41, 5.74) is 2.18. The van der Waals surface area contributed by atoms with Gasteiger partial charge in [0.05, 0.1) is 5.39 Å². The van der Waals surface area contributed by atoms with Gasteiger partial charge in [-0.3, -0.25) is 0 Å². The Labute approximate surface area is 151 Å². The van der Waals surface area contributed by atoms with Crippen LogP contribution in [0.15, 0.2) is 24.3 Å². The molecule has 0 radical (unpaired) electrons. The van der Waals surface area contributed by atoms with Gasteiger partial charge < -0.3 is 4.90 Å². The van der Waals surface area contributed by atoms with Crippen LogP contribution in [-0.4, -0.2) is 23.1 Å². The Bertz CT molecular complexity index is 909. The number of anilines is 1. The second-order valence-electron chi connectivity index (χ2n) is 6.98. The molecule has 1 fully saturated rings. The number of thiophene rings is 1. The van der Waals surface area contributed by atoms with E-state index in [-0.39, 0.29) is 5.82 Å². The Morgan fingerprint density at radius 2 is 1.76 bits per heavy atom. The summed E-state index contributed by atoms with van der Waals surface area (Å²) in [5.74, 6) is 2.42. The average molecular weight is 355 g/mol. The molecular weight excluding hydrogens is 333 g/mol. The maximum absolute atomic E-state index is 13.4. The lowest BCUT2D eigenvalue weighted by molar-refractivity contribution is 0.437. The van der Waals surface area contributed by atoms with Crippen LogP contribution in [0.1, 0.15) is 30.5 Å². The highest BCUT2D eigenvalue weighted by atomic mass is 32.1. The minimum atomic E-state index is -0.210. The van der Waals surface area contributed by atoms with Crippen LogP contribution in [0.5, 0.6) is 0 Å². The van der Waals surface area contributed by atoms with Crippen LogP contribution in [0.3, 0.4) is 0 Å². The number of aromatic nitrogens is 2. The van der Waals surface area contributed by atoms with Crippen LogP contribution in [0.4, 0.5) is 10.2 Å². The van der Waals surface area contributed by atoms with Crippen molar-refractivity contribution in [3.8, 4) is 11.1 Å². The molecule has 3 aromatic rings. The first-order valence-electron chi connectivity index (χ1n) is 8.81. The molecular formula is C20H22FN3S. The van der Waals surface area contributed by atoms with Gasteiger partial charge in [0.1, 0.15) is 22.3 Å². The van der Waals surface area contributed by atoms with Crippen LogP contribution in [-0.2, 0) is 0 Å². The van der Waals surface area contributed by atoms with Gasteiger partial charge in [-0.05, 0) is 50.3 Å². The lowest BCUT2D eigenvalue weighted by Crippen LogP contribution is -2.33. The summed E-state index contributed by atoms with van der Waals surface area (Å²) in [6.45, 7) is 8.45. The molecule has 0 amide bonds. The summed E-state index contributed by atoms with van der Waals surface area (Å²) in [6, 6.07) is 6.75. The summed E-state index contributed by atoms with van der Waals surface area (Å²) in [7, 11) is 0. The topological polar surface area (TPSA) is 29.0 Å². The van der Waals surface area contributed by atoms with E-state index in [2.05, 4.69) is 23.7 Å². The van der Waals surface area contributed by atoms with E-state index >= 15 is 0 Å². The van der Waals surface area contributed by atoms with Crippen LogP contribution in [0.25, 0.3) is 21.3 Å². The molecule has 2 aromatic heterocycles. The van der Waals surface area contributed by atoms with Gasteiger partial charge in [0, 0.05) is 23.5 Å². The van der Waals surface area contributed by atoms with Gasteiger partial charge >= 0.3 is 0 Å². The normalized spacial score (nSPS) is 15.9. The maximum atomic E-state index is 13.4. The largest absolute Gasteiger partial charge is 0.356 e. The van der Waals surface area contributed by atoms with Gasteiger partial charge in [-0.25, -0.2) is 14.4 Å². The molecule has 0 spiro atoms. The fourth-order valence-electron chi connectivity index (χ4n) is 3.61. The highest BCUT2D eigenvalue weighted by molar-refractivity contribution is 7.19. The second-order valence-corrected chi connectivity index (χ2v) is 8.19. The van der Waals surface area contributed by atoms with Crippen molar-refractivity contribution in [2.24, 2.45) is 5.92 Å². The van der Waals surface area contributed by atoms with Gasteiger partial charge in [0.2, 0.25) is 0 Å². The average Bonchev–Trinajstić information content (AvgIpc) is 2.91. The number of benzene rings is 1. The molecule has 4 rings (SSSR count). The highest BCUT2D eigenvalue weighted by Crippen LogP contribution is 2.42. The SMILES string of the molecule is Cc1nc(N2CCC(C)CC2)c2c(-c3ccc(F)cc3)c(C)sc2n1. The third kappa shape index (κ3) is 3.01. The highest BCUT2D eigenvalue weighted by Gasteiger charge is 2.24. The van der Waals surface area contributed by atoms with E-state index < -0.39 is 0 Å². The molecule has 130 valence electrons. The fraction of sp³-hybridized carbons (Fsp3) is 0.400. The third-order valence-electron chi connectivity index (χ3n) is 5.04. The number of piperidine rings is 1. The van der Waals surface area contributed by atoms with Crippen molar-refractivity contribution in [1.29, 1.82) is 0 Å². The Kier molecular flexibility index (Phi) is 4.20. The lowest BCUT2D eigenvalue weighted by atomic mass is 9.98. The van der Waals surface area contributed by atoms with Crippen LogP contribution >= 0.6 is 11.3 Å². The molecule has 0 atom stereocenters. The monoisotopic (exact) mass is 355 g/mol. The molecule has 25 heavy (non-hydrogen) atoms. The number of fused-ring (bicyclic) bond motifs is 1. The molecule has 0 unspecified atom stereocenters. The molecule has 1 aromatic carbocycles. The van der Waals surface area contributed by atoms with E-state index in [1.165, 1.54) is 29.9 Å². The van der Waals surface area contributed by atoms with Crippen molar-refractivity contribution in [3.63, 3.8) is 0 Å². The summed E-state index contributed by atoms with van der Waals surface area (Å²) < 4.78 is 13.4. The van der Waals surface area contributed by atoms with Crippen LogP contribution in [0.2, 0.25) is 0 Å². The Morgan fingerprint density at radius 3 is 2.44 bits per heavy atom. The molecule has 3 nitrogen and oxygen atoms in total. The van der Waals surface area contributed by atoms with E-state index in [0.29, 0.717) is 0 Å². The van der Waals surface area contributed by atoms with Gasteiger partial charge in [0.25, 0.3) is 0 Å². The number of halogens is 1. The second kappa shape index (κ2) is 6.37. The summed E-state index contributed by atoms with van der Waals surface area (Å²) in [6.07, 6.45) is 2.39. The first-order chi connectivity index (χ1) is 12.0. The zero-order valence-corrected chi connectivity index (χ0v) is 15.7. The lowest BCUT2D eigenvalue weighted by Gasteiger charge is -2.32. The van der Waals surface area contributed by atoms with E-state index in [4.69, 9.17) is 4.98 Å². The van der Waals surface area contributed by atoms with Crippen molar-refractivity contribution in [2.75, 3.05) is 18.0 Å². The third-order valence-corrected chi connectivity index (χ3v) is 6.04. The van der Waals surface area contributed by atoms with Crippen molar-refractivity contribution in [1.82, 2.24) is 9.97 Å². The number of aryl methyl sites for hydroxylation is 2. The Balaban J connectivity index is 1.91. The van der Waals surface area contributed by atoms with Crippen LogP contribution < -0.4 is 4.90 Å². The van der Waals surface area contributed by atoms with E-state index in [1.54, 1.807) is 11.3 Å². The summed E-state index contributed by atoms with van der Waals surface area (Å²) >= 11 is 1.70. The fourth-order valence-corrected chi connectivity index (χ4v) is 4.70. The standard InChI is InChI=1S/C20H22FN3S/c1-12-8-10-24(11-9-12)19-18-17(15-4-6-16(21)7-5-15)13(2)25-20(18)23-14(3)22-19/h4-7,12H,8-11H2,1-3H3. The molecule has 1 aliphatic rings. The minimum Gasteiger partial charge on any atom is -0.356 e. The van der Waals surface area contributed by atoms with Crippen molar-refractivity contribution >= 4 is 27.4 Å². The number of hydrogen-bond acceptors (Lipinski definition) is 4. The van der Waals surface area contributed by atoms with Gasteiger partial charge in [-0.15, -0.1) is 11.3 Å². The smallest absolute Gasteiger partial charge is 0.141 e. The quantitative estimate of drug-likeness (QED) is 0.620. The van der Waals surface area contributed by atoms with Gasteiger partial charge in [-0.1, -0.05) is 19.1 Å². The van der Waals surface area contributed by atoms with E-state index in [1.807, 2.05) is 19.1 Å². The summed E-state index contributed by atoms with van der Waals surface area (Å²) in [4.78, 5) is 14.1. The molecule has 0 N–H and O–H groups in total. The number of rotatable bonds is 2. The number of nitrogens with zero attached hydrogens (tertiary/aromatic N) is 3. The van der Waals surface area contributed by atoms with Crippen molar-refractivity contribution in [3.05, 3.63) is 40.8 Å². The first kappa shape index (κ1) is 16.5.